The maximum absolute atomic E-state index is 6.37. The zero-order valence-electron chi connectivity index (χ0n) is 13.2. The molecule has 134 valence electrons. The van der Waals surface area contributed by atoms with Crippen LogP contribution in [0.5, 0.6) is 0 Å². The van der Waals surface area contributed by atoms with E-state index in [0.717, 1.165) is 57.8 Å². The van der Waals surface area contributed by atoms with Crippen molar-refractivity contribution < 1.29 is 0 Å². The van der Waals surface area contributed by atoms with Gasteiger partial charge >= 0.3 is 0 Å². The van der Waals surface area contributed by atoms with Crippen molar-refractivity contribution in [3.05, 3.63) is 0 Å². The highest BCUT2D eigenvalue weighted by atomic mass is 35.5. The average molecular weight is 433 g/mol. The first-order chi connectivity index (χ1) is 10.4. The molecule has 22 heavy (non-hydrogen) atoms. The molecule has 0 amide bonds. The lowest BCUT2D eigenvalue weighted by Gasteiger charge is -2.18. The molecule has 0 saturated carbocycles. The first-order valence-corrected chi connectivity index (χ1v) is 10.9. The highest BCUT2D eigenvalue weighted by Crippen LogP contribution is 2.25. The van der Waals surface area contributed by atoms with Crippen LogP contribution in [0, 0.1) is 0 Å². The Morgan fingerprint density at radius 1 is 0.591 bits per heavy atom. The fourth-order valence-corrected chi connectivity index (χ4v) is 3.59. The first kappa shape index (κ1) is 23.7. The van der Waals surface area contributed by atoms with Crippen molar-refractivity contribution in [1.29, 1.82) is 0 Å². The van der Waals surface area contributed by atoms with Gasteiger partial charge in [0.2, 0.25) is 0 Å². The van der Waals surface area contributed by atoms with Gasteiger partial charge in [-0.25, -0.2) is 0 Å². The molecule has 5 unspecified atom stereocenters. The van der Waals surface area contributed by atoms with Gasteiger partial charge in [0.1, 0.15) is 0 Å². The molecular weight excluding hydrogens is 405 g/mol. The minimum absolute atomic E-state index is 0.00422. The molecule has 0 heterocycles. The molecule has 6 heteroatoms. The Labute approximate surface area is 166 Å². The summed E-state index contributed by atoms with van der Waals surface area (Å²) in [7, 11) is 0. The number of hydrogen-bond acceptors (Lipinski definition) is 0. The molecule has 0 aromatic rings. The lowest BCUT2D eigenvalue weighted by molar-refractivity contribution is 0.551. The number of halogens is 6. The second-order valence-corrected chi connectivity index (χ2v) is 8.96. The van der Waals surface area contributed by atoms with E-state index in [1.807, 2.05) is 6.92 Å². The molecule has 0 aliphatic heterocycles. The molecule has 0 rings (SSSR count). The molecule has 0 N–H and O–H groups in total. The Hall–Kier alpha value is 1.74. The number of hydrogen-bond donors (Lipinski definition) is 0. The molecule has 0 fully saturated rings. The molecule has 0 nitrogen and oxygen atoms in total. The fourth-order valence-electron chi connectivity index (χ4n) is 2.27. The SMILES string of the molecule is CCC(Cl)C(Cl)CCCC(Cl)C(Cl)CCCCCC(Cl)CCl. The van der Waals surface area contributed by atoms with E-state index in [0.29, 0.717) is 5.88 Å². The zero-order chi connectivity index (χ0) is 17.0. The highest BCUT2D eigenvalue weighted by Gasteiger charge is 2.19. The van der Waals surface area contributed by atoms with Gasteiger partial charge in [-0.1, -0.05) is 32.6 Å². The molecule has 5 atom stereocenters. The summed E-state index contributed by atoms with van der Waals surface area (Å²) >= 11 is 36.7. The average Bonchev–Trinajstić information content (AvgIpc) is 2.52. The van der Waals surface area contributed by atoms with Crippen molar-refractivity contribution in [2.75, 3.05) is 5.88 Å². The Kier molecular flexibility index (Phi) is 16.2. The van der Waals surface area contributed by atoms with E-state index in [2.05, 4.69) is 0 Å². The molecule has 0 radical (unpaired) electrons. The van der Waals surface area contributed by atoms with E-state index in [4.69, 9.17) is 69.6 Å². The van der Waals surface area contributed by atoms with Crippen LogP contribution in [0.2, 0.25) is 0 Å². The van der Waals surface area contributed by atoms with Gasteiger partial charge in [0, 0.05) is 32.8 Å². The number of rotatable bonds is 14. The van der Waals surface area contributed by atoms with Gasteiger partial charge in [-0.05, 0) is 32.1 Å². The Bertz CT molecular complexity index is 251. The Morgan fingerprint density at radius 3 is 1.55 bits per heavy atom. The van der Waals surface area contributed by atoms with Crippen molar-refractivity contribution >= 4 is 69.6 Å². The van der Waals surface area contributed by atoms with Crippen LogP contribution in [0.15, 0.2) is 0 Å². The largest absolute Gasteiger partial charge is 0.125 e. The molecule has 0 aliphatic rings. The third-order valence-electron chi connectivity index (χ3n) is 3.80. The summed E-state index contributed by atoms with van der Waals surface area (Å²) in [6, 6.07) is 0. The summed E-state index contributed by atoms with van der Waals surface area (Å²) in [5.74, 6) is 0.520. The van der Waals surface area contributed by atoms with Gasteiger partial charge in [-0.3, -0.25) is 0 Å². The van der Waals surface area contributed by atoms with E-state index in [9.17, 15) is 0 Å². The monoisotopic (exact) mass is 430 g/mol. The fraction of sp³-hybridized carbons (Fsp3) is 1.00. The minimum Gasteiger partial charge on any atom is -0.125 e. The maximum Gasteiger partial charge on any atom is 0.0499 e. The summed E-state index contributed by atoms with van der Waals surface area (Å²) in [4.78, 5) is 0. The Morgan fingerprint density at radius 2 is 1.05 bits per heavy atom. The smallest absolute Gasteiger partial charge is 0.0499 e. The molecule has 0 aromatic heterocycles. The van der Waals surface area contributed by atoms with Crippen LogP contribution < -0.4 is 0 Å². The van der Waals surface area contributed by atoms with Crippen molar-refractivity contribution in [2.45, 2.75) is 91.6 Å². The van der Waals surface area contributed by atoms with Crippen LogP contribution in [-0.4, -0.2) is 32.8 Å². The van der Waals surface area contributed by atoms with E-state index in [-0.39, 0.29) is 26.9 Å². The van der Waals surface area contributed by atoms with E-state index in [1.165, 1.54) is 0 Å². The van der Waals surface area contributed by atoms with Crippen LogP contribution >= 0.6 is 69.6 Å². The predicted octanol–water partition coefficient (Wildman–Crippen LogP) is 7.79. The van der Waals surface area contributed by atoms with E-state index >= 15 is 0 Å². The van der Waals surface area contributed by atoms with Crippen LogP contribution in [0.1, 0.15) is 64.7 Å². The molecule has 0 spiro atoms. The van der Waals surface area contributed by atoms with Crippen molar-refractivity contribution in [1.82, 2.24) is 0 Å². The van der Waals surface area contributed by atoms with Crippen LogP contribution in [0.25, 0.3) is 0 Å². The summed E-state index contributed by atoms with van der Waals surface area (Å²) in [5, 5.41) is 0.181. The second kappa shape index (κ2) is 15.0. The second-order valence-electron chi connectivity index (χ2n) is 5.79. The van der Waals surface area contributed by atoms with E-state index < -0.39 is 0 Å². The summed E-state index contributed by atoms with van der Waals surface area (Å²) in [5.41, 5.74) is 0. The highest BCUT2D eigenvalue weighted by molar-refractivity contribution is 6.30. The third kappa shape index (κ3) is 12.2. The van der Waals surface area contributed by atoms with Gasteiger partial charge in [-0.2, -0.15) is 0 Å². The minimum atomic E-state index is 0.00422. The summed E-state index contributed by atoms with van der Waals surface area (Å²) in [6.45, 7) is 2.05. The quantitative estimate of drug-likeness (QED) is 0.194. The third-order valence-corrected chi connectivity index (χ3v) is 7.14. The predicted molar refractivity (Wildman–Crippen MR) is 106 cm³/mol. The molecule has 0 saturated heterocycles. The summed E-state index contributed by atoms with van der Waals surface area (Å²) < 4.78 is 0. The first-order valence-electron chi connectivity index (χ1n) is 8.18. The van der Waals surface area contributed by atoms with E-state index in [1.54, 1.807) is 0 Å². The van der Waals surface area contributed by atoms with Crippen LogP contribution in [0.3, 0.4) is 0 Å². The van der Waals surface area contributed by atoms with Gasteiger partial charge in [0.25, 0.3) is 0 Å². The Balaban J connectivity index is 3.64. The van der Waals surface area contributed by atoms with Crippen LogP contribution in [0.4, 0.5) is 0 Å². The van der Waals surface area contributed by atoms with Gasteiger partial charge in [0.05, 0.1) is 0 Å². The number of unbranched alkanes of at least 4 members (excludes halogenated alkanes) is 2. The van der Waals surface area contributed by atoms with Crippen molar-refractivity contribution in [2.24, 2.45) is 0 Å². The van der Waals surface area contributed by atoms with Gasteiger partial charge in [0.15, 0.2) is 0 Å². The molecular formula is C16H28Cl6. The molecule has 0 aliphatic carbocycles. The normalized spacial score (nSPS) is 18.7. The van der Waals surface area contributed by atoms with Gasteiger partial charge in [-0.15, -0.1) is 69.6 Å². The van der Waals surface area contributed by atoms with Crippen LogP contribution in [-0.2, 0) is 0 Å². The molecule has 0 bridgehead atoms. The topological polar surface area (TPSA) is 0 Å². The molecule has 0 aromatic carbocycles. The zero-order valence-corrected chi connectivity index (χ0v) is 17.8. The standard InChI is InChI=1S/C16H28Cl6/c1-2-13(19)14(20)9-6-10-16(22)15(21)8-5-3-4-7-12(18)11-17/h12-16H,2-11H2,1H3. The summed E-state index contributed by atoms with van der Waals surface area (Å²) in [6.07, 6.45) is 8.87. The number of alkyl halides is 6. The van der Waals surface area contributed by atoms with Crippen molar-refractivity contribution in [3.63, 3.8) is 0 Å². The van der Waals surface area contributed by atoms with Gasteiger partial charge < -0.3 is 0 Å². The maximum atomic E-state index is 6.37. The lowest BCUT2D eigenvalue weighted by atomic mass is 10.0. The van der Waals surface area contributed by atoms with Crippen molar-refractivity contribution in [3.8, 4) is 0 Å². The lowest BCUT2D eigenvalue weighted by Crippen LogP contribution is -2.17.